The topological polar surface area (TPSA) is 38.5 Å². The minimum Gasteiger partial charge on any atom is -0.492 e. The van der Waals surface area contributed by atoms with Gasteiger partial charge in [-0.1, -0.05) is 31.0 Å². The summed E-state index contributed by atoms with van der Waals surface area (Å²) in [6, 6.07) is 5.99. The molecule has 1 saturated heterocycles. The lowest BCUT2D eigenvalue weighted by Gasteiger charge is -2.26. The molecule has 0 aliphatic carbocycles. The fourth-order valence-corrected chi connectivity index (χ4v) is 2.99. The molecule has 0 radical (unpaired) electrons. The van der Waals surface area contributed by atoms with Gasteiger partial charge in [0.1, 0.15) is 12.4 Å². The van der Waals surface area contributed by atoms with Crippen molar-refractivity contribution < 1.29 is 4.74 Å². The molecule has 1 fully saturated rings. The van der Waals surface area contributed by atoms with Crippen LogP contribution in [0.4, 0.5) is 0 Å². The quantitative estimate of drug-likeness (QED) is 0.838. The molecule has 1 aliphatic rings. The number of hydrogen-bond donors (Lipinski definition) is 1. The van der Waals surface area contributed by atoms with Gasteiger partial charge in [0, 0.05) is 23.2 Å². The van der Waals surface area contributed by atoms with Gasteiger partial charge in [-0.15, -0.1) is 0 Å². The van der Waals surface area contributed by atoms with E-state index in [1.807, 2.05) is 18.2 Å². The molecule has 1 aromatic carbocycles. The fraction of sp³-hybridized carbons (Fsp3) is 0.647. The molecule has 3 nitrogen and oxygen atoms in total. The van der Waals surface area contributed by atoms with Crippen molar-refractivity contribution in [3.8, 4) is 5.75 Å². The zero-order valence-electron chi connectivity index (χ0n) is 13.0. The summed E-state index contributed by atoms with van der Waals surface area (Å²) in [4.78, 5) is 2.48. The smallest absolute Gasteiger partial charge is 0.124 e. The zero-order valence-corrected chi connectivity index (χ0v) is 13.7. The molecule has 2 N–H and O–H groups in total. The van der Waals surface area contributed by atoms with Crippen molar-refractivity contribution in [1.82, 2.24) is 4.90 Å². The van der Waals surface area contributed by atoms with E-state index in [1.165, 1.54) is 32.4 Å². The fourth-order valence-electron chi connectivity index (χ4n) is 2.75. The monoisotopic (exact) mass is 310 g/mol. The zero-order chi connectivity index (χ0) is 15.1. The summed E-state index contributed by atoms with van der Waals surface area (Å²) in [5.41, 5.74) is 7.11. The molecule has 0 aromatic heterocycles. The van der Waals surface area contributed by atoms with Crippen LogP contribution in [0.5, 0.6) is 5.75 Å². The Kier molecular flexibility index (Phi) is 6.81. The molecule has 0 spiro atoms. The standard InChI is InChI=1S/C17H27ClN2O/c1-2-14(19)13-15-16(18)7-6-8-17(15)21-12-11-20-9-4-3-5-10-20/h6-8,14H,2-5,9-13,19H2,1H3. The normalized spacial score (nSPS) is 17.7. The third-order valence-electron chi connectivity index (χ3n) is 4.18. The van der Waals surface area contributed by atoms with Crippen molar-refractivity contribution in [2.75, 3.05) is 26.2 Å². The van der Waals surface area contributed by atoms with Crippen LogP contribution in [0.2, 0.25) is 5.02 Å². The Balaban J connectivity index is 1.90. The van der Waals surface area contributed by atoms with Crippen LogP contribution in [0.25, 0.3) is 0 Å². The summed E-state index contributed by atoms with van der Waals surface area (Å²) >= 11 is 6.31. The van der Waals surface area contributed by atoms with Gasteiger partial charge in [0.15, 0.2) is 0 Å². The number of hydrogen-bond acceptors (Lipinski definition) is 3. The van der Waals surface area contributed by atoms with E-state index in [0.717, 1.165) is 35.7 Å². The summed E-state index contributed by atoms with van der Waals surface area (Å²) in [6.45, 7) is 6.21. The minimum absolute atomic E-state index is 0.134. The van der Waals surface area contributed by atoms with Crippen LogP contribution in [0.15, 0.2) is 18.2 Å². The highest BCUT2D eigenvalue weighted by Gasteiger charge is 2.13. The van der Waals surface area contributed by atoms with Crippen LogP contribution in [-0.2, 0) is 6.42 Å². The average Bonchev–Trinajstić information content (AvgIpc) is 2.51. The molecular weight excluding hydrogens is 284 g/mol. The number of benzene rings is 1. The predicted molar refractivity (Wildman–Crippen MR) is 89.2 cm³/mol. The molecule has 0 amide bonds. The van der Waals surface area contributed by atoms with Gasteiger partial charge in [-0.2, -0.15) is 0 Å². The second-order valence-electron chi connectivity index (χ2n) is 5.84. The number of ether oxygens (including phenoxy) is 1. The highest BCUT2D eigenvalue weighted by Crippen LogP contribution is 2.28. The molecule has 0 saturated carbocycles. The number of rotatable bonds is 7. The Labute approximate surface area is 133 Å². The molecule has 1 aromatic rings. The molecule has 1 atom stereocenters. The van der Waals surface area contributed by atoms with Crippen LogP contribution < -0.4 is 10.5 Å². The molecule has 21 heavy (non-hydrogen) atoms. The number of halogens is 1. The van der Waals surface area contributed by atoms with Crippen molar-refractivity contribution in [2.45, 2.75) is 45.1 Å². The van der Waals surface area contributed by atoms with Gasteiger partial charge in [0.25, 0.3) is 0 Å². The number of likely N-dealkylation sites (tertiary alicyclic amines) is 1. The van der Waals surface area contributed by atoms with Gasteiger partial charge in [0.05, 0.1) is 0 Å². The second kappa shape index (κ2) is 8.62. The van der Waals surface area contributed by atoms with Crippen LogP contribution in [0.1, 0.15) is 38.2 Å². The van der Waals surface area contributed by atoms with Gasteiger partial charge in [0.2, 0.25) is 0 Å². The first kappa shape index (κ1) is 16.6. The van der Waals surface area contributed by atoms with Gasteiger partial charge >= 0.3 is 0 Å². The van der Waals surface area contributed by atoms with Crippen LogP contribution in [-0.4, -0.2) is 37.2 Å². The van der Waals surface area contributed by atoms with Crippen LogP contribution >= 0.6 is 11.6 Å². The SMILES string of the molecule is CCC(N)Cc1c(Cl)cccc1OCCN1CCCCC1. The molecule has 1 heterocycles. The van der Waals surface area contributed by atoms with Crippen molar-refractivity contribution in [3.63, 3.8) is 0 Å². The van der Waals surface area contributed by atoms with Gasteiger partial charge in [-0.05, 0) is 50.9 Å². The van der Waals surface area contributed by atoms with E-state index in [0.29, 0.717) is 6.61 Å². The lowest BCUT2D eigenvalue weighted by atomic mass is 10.0. The van der Waals surface area contributed by atoms with Crippen molar-refractivity contribution >= 4 is 11.6 Å². The van der Waals surface area contributed by atoms with Gasteiger partial charge in [-0.3, -0.25) is 4.90 Å². The van der Waals surface area contributed by atoms with E-state index in [9.17, 15) is 0 Å². The third-order valence-corrected chi connectivity index (χ3v) is 4.53. The first-order valence-corrected chi connectivity index (χ1v) is 8.46. The van der Waals surface area contributed by atoms with E-state index >= 15 is 0 Å². The lowest BCUT2D eigenvalue weighted by molar-refractivity contribution is 0.182. The van der Waals surface area contributed by atoms with Crippen LogP contribution in [0, 0.1) is 0 Å². The number of nitrogens with two attached hydrogens (primary N) is 1. The maximum atomic E-state index is 6.31. The summed E-state index contributed by atoms with van der Waals surface area (Å²) in [7, 11) is 0. The van der Waals surface area contributed by atoms with E-state index in [2.05, 4.69) is 11.8 Å². The molecule has 4 heteroatoms. The summed E-state index contributed by atoms with van der Waals surface area (Å²) in [5.74, 6) is 0.892. The minimum atomic E-state index is 0.134. The Morgan fingerprint density at radius 1 is 1.29 bits per heavy atom. The molecule has 1 aliphatic heterocycles. The van der Waals surface area contributed by atoms with Crippen molar-refractivity contribution in [1.29, 1.82) is 0 Å². The first-order chi connectivity index (χ1) is 10.2. The molecule has 0 bridgehead atoms. The predicted octanol–water partition coefficient (Wildman–Crippen LogP) is 3.48. The van der Waals surface area contributed by atoms with Crippen molar-refractivity contribution in [2.24, 2.45) is 5.73 Å². The van der Waals surface area contributed by atoms with Gasteiger partial charge in [-0.25, -0.2) is 0 Å². The summed E-state index contributed by atoms with van der Waals surface area (Å²) in [6.07, 6.45) is 5.71. The Hall–Kier alpha value is -0.770. The molecule has 1 unspecified atom stereocenters. The number of nitrogens with zero attached hydrogens (tertiary/aromatic N) is 1. The van der Waals surface area contributed by atoms with E-state index < -0.39 is 0 Å². The average molecular weight is 311 g/mol. The van der Waals surface area contributed by atoms with E-state index in [1.54, 1.807) is 0 Å². The van der Waals surface area contributed by atoms with Crippen molar-refractivity contribution in [3.05, 3.63) is 28.8 Å². The second-order valence-corrected chi connectivity index (χ2v) is 6.25. The Morgan fingerprint density at radius 3 is 2.76 bits per heavy atom. The maximum absolute atomic E-state index is 6.31. The lowest BCUT2D eigenvalue weighted by Crippen LogP contribution is -2.33. The molecule has 118 valence electrons. The van der Waals surface area contributed by atoms with Crippen LogP contribution in [0.3, 0.4) is 0 Å². The first-order valence-electron chi connectivity index (χ1n) is 8.08. The third kappa shape index (κ3) is 5.17. The Bertz CT molecular complexity index is 433. The summed E-state index contributed by atoms with van der Waals surface area (Å²) in [5, 5.41) is 0.759. The molecular formula is C17H27ClN2O. The maximum Gasteiger partial charge on any atom is 0.124 e. The molecule has 2 rings (SSSR count). The van der Waals surface area contributed by atoms with E-state index in [4.69, 9.17) is 22.1 Å². The van der Waals surface area contributed by atoms with Gasteiger partial charge < -0.3 is 10.5 Å². The largest absolute Gasteiger partial charge is 0.492 e. The Morgan fingerprint density at radius 2 is 2.05 bits per heavy atom. The number of piperidine rings is 1. The summed E-state index contributed by atoms with van der Waals surface area (Å²) < 4.78 is 5.98. The van der Waals surface area contributed by atoms with E-state index in [-0.39, 0.29) is 6.04 Å². The highest BCUT2D eigenvalue weighted by atomic mass is 35.5. The highest BCUT2D eigenvalue weighted by molar-refractivity contribution is 6.31.